The minimum atomic E-state index is 0.384. The average Bonchev–Trinajstić information content (AvgIpc) is 2.57. The Morgan fingerprint density at radius 3 is 2.29 bits per heavy atom. The number of carbonyl (C=O) groups excluding carboxylic acids is 1. The molecule has 1 amide bonds. The molecule has 0 N–H and O–H groups in total. The number of hydrogen-bond donors (Lipinski definition) is 0. The molecule has 2 fully saturated rings. The standard InChI is InChI=1S/C18H26N2O/c21-18(15-16-7-3-1-4-8-16)20-13-11-19(12-14-20)17-9-5-2-6-10-17/h2,5-6,9-10,16H,1,3-4,7-8,11-15H2. The van der Waals surface area contributed by atoms with Crippen LogP contribution in [0.5, 0.6) is 0 Å². The first-order valence-corrected chi connectivity index (χ1v) is 8.41. The van der Waals surface area contributed by atoms with Gasteiger partial charge in [0.15, 0.2) is 0 Å². The highest BCUT2D eigenvalue weighted by Gasteiger charge is 2.24. The summed E-state index contributed by atoms with van der Waals surface area (Å²) in [6, 6.07) is 10.5. The maximum Gasteiger partial charge on any atom is 0.222 e. The van der Waals surface area contributed by atoms with Crippen LogP contribution in [0.15, 0.2) is 30.3 Å². The van der Waals surface area contributed by atoms with E-state index in [1.165, 1.54) is 37.8 Å². The Bertz CT molecular complexity index is 446. The zero-order valence-corrected chi connectivity index (χ0v) is 12.8. The van der Waals surface area contributed by atoms with Gasteiger partial charge in [-0.2, -0.15) is 0 Å². The number of piperazine rings is 1. The highest BCUT2D eigenvalue weighted by Crippen LogP contribution is 2.27. The van der Waals surface area contributed by atoms with E-state index in [0.717, 1.165) is 32.6 Å². The van der Waals surface area contributed by atoms with Gasteiger partial charge in [-0.25, -0.2) is 0 Å². The molecule has 1 aliphatic carbocycles. The molecule has 1 aromatic carbocycles. The van der Waals surface area contributed by atoms with E-state index in [0.29, 0.717) is 11.8 Å². The lowest BCUT2D eigenvalue weighted by molar-refractivity contribution is -0.132. The molecule has 0 atom stereocenters. The summed E-state index contributed by atoms with van der Waals surface area (Å²) in [5.74, 6) is 1.04. The fourth-order valence-electron chi connectivity index (χ4n) is 3.62. The third-order valence-corrected chi connectivity index (χ3v) is 4.94. The largest absolute Gasteiger partial charge is 0.368 e. The molecule has 0 bridgehead atoms. The Hall–Kier alpha value is -1.51. The maximum atomic E-state index is 12.4. The SMILES string of the molecule is O=C(CC1CCCCC1)N1CCN(c2ccccc2)CC1. The minimum absolute atomic E-state index is 0.384. The van der Waals surface area contributed by atoms with E-state index in [-0.39, 0.29) is 0 Å². The van der Waals surface area contributed by atoms with Crippen LogP contribution in [0.3, 0.4) is 0 Å². The van der Waals surface area contributed by atoms with Gasteiger partial charge in [0.05, 0.1) is 0 Å². The molecule has 1 saturated heterocycles. The number of carbonyl (C=O) groups is 1. The van der Waals surface area contributed by atoms with Gasteiger partial charge in [-0.1, -0.05) is 37.5 Å². The van der Waals surface area contributed by atoms with Crippen LogP contribution < -0.4 is 4.90 Å². The molecular weight excluding hydrogens is 260 g/mol. The Morgan fingerprint density at radius 2 is 1.62 bits per heavy atom. The molecule has 0 radical (unpaired) electrons. The first-order valence-electron chi connectivity index (χ1n) is 8.41. The molecule has 0 unspecified atom stereocenters. The fraction of sp³-hybridized carbons (Fsp3) is 0.611. The van der Waals surface area contributed by atoms with Crippen LogP contribution in [0.2, 0.25) is 0 Å². The number of amides is 1. The van der Waals surface area contributed by atoms with E-state index in [1.807, 2.05) is 6.07 Å². The van der Waals surface area contributed by atoms with Gasteiger partial charge in [-0.05, 0) is 30.9 Å². The average molecular weight is 286 g/mol. The Morgan fingerprint density at radius 1 is 0.952 bits per heavy atom. The lowest BCUT2D eigenvalue weighted by atomic mass is 9.86. The van der Waals surface area contributed by atoms with Crippen LogP contribution in [0.25, 0.3) is 0 Å². The van der Waals surface area contributed by atoms with Crippen LogP contribution in [-0.4, -0.2) is 37.0 Å². The summed E-state index contributed by atoms with van der Waals surface area (Å²) in [6.45, 7) is 3.67. The second-order valence-corrected chi connectivity index (χ2v) is 6.41. The quantitative estimate of drug-likeness (QED) is 0.851. The smallest absolute Gasteiger partial charge is 0.222 e. The van der Waals surface area contributed by atoms with Gasteiger partial charge in [0.2, 0.25) is 5.91 Å². The van der Waals surface area contributed by atoms with Crippen molar-refractivity contribution < 1.29 is 4.79 Å². The Balaban J connectivity index is 1.47. The number of para-hydroxylation sites is 1. The summed E-state index contributed by atoms with van der Waals surface area (Å²) in [5, 5.41) is 0. The first-order chi connectivity index (χ1) is 10.3. The number of benzene rings is 1. The number of anilines is 1. The van der Waals surface area contributed by atoms with E-state index < -0.39 is 0 Å². The van der Waals surface area contributed by atoms with Gasteiger partial charge >= 0.3 is 0 Å². The normalized spacial score (nSPS) is 20.6. The van der Waals surface area contributed by atoms with Crippen molar-refractivity contribution in [3.8, 4) is 0 Å². The number of rotatable bonds is 3. The minimum Gasteiger partial charge on any atom is -0.368 e. The van der Waals surface area contributed by atoms with Crippen LogP contribution in [0.1, 0.15) is 38.5 Å². The molecule has 0 aromatic heterocycles. The highest BCUT2D eigenvalue weighted by molar-refractivity contribution is 5.76. The van der Waals surface area contributed by atoms with Gasteiger partial charge in [-0.15, -0.1) is 0 Å². The third-order valence-electron chi connectivity index (χ3n) is 4.94. The lowest BCUT2D eigenvalue weighted by Gasteiger charge is -2.37. The fourth-order valence-corrected chi connectivity index (χ4v) is 3.62. The second-order valence-electron chi connectivity index (χ2n) is 6.41. The summed E-state index contributed by atoms with van der Waals surface area (Å²) in [7, 11) is 0. The van der Waals surface area contributed by atoms with Gasteiger partial charge in [0, 0.05) is 38.3 Å². The lowest BCUT2D eigenvalue weighted by Crippen LogP contribution is -2.49. The van der Waals surface area contributed by atoms with Crippen molar-refractivity contribution in [2.75, 3.05) is 31.1 Å². The number of hydrogen-bond acceptors (Lipinski definition) is 2. The molecule has 2 aliphatic rings. The summed E-state index contributed by atoms with van der Waals surface area (Å²) in [6.07, 6.45) is 7.30. The topological polar surface area (TPSA) is 23.6 Å². The maximum absolute atomic E-state index is 12.4. The molecule has 1 aromatic rings. The second kappa shape index (κ2) is 6.97. The molecular formula is C18H26N2O. The molecule has 3 nitrogen and oxygen atoms in total. The number of nitrogens with zero attached hydrogens (tertiary/aromatic N) is 2. The zero-order chi connectivity index (χ0) is 14.5. The van der Waals surface area contributed by atoms with Gasteiger partial charge < -0.3 is 9.80 Å². The molecule has 1 heterocycles. The first kappa shape index (κ1) is 14.4. The van der Waals surface area contributed by atoms with Gasteiger partial charge in [0.1, 0.15) is 0 Å². The van der Waals surface area contributed by atoms with Crippen molar-refractivity contribution in [1.29, 1.82) is 0 Å². The highest BCUT2D eigenvalue weighted by atomic mass is 16.2. The van der Waals surface area contributed by atoms with Crippen molar-refractivity contribution in [2.45, 2.75) is 38.5 Å². The van der Waals surface area contributed by atoms with Crippen molar-refractivity contribution >= 4 is 11.6 Å². The van der Waals surface area contributed by atoms with Crippen molar-refractivity contribution in [3.63, 3.8) is 0 Å². The van der Waals surface area contributed by atoms with Crippen LogP contribution in [0, 0.1) is 5.92 Å². The van der Waals surface area contributed by atoms with E-state index in [4.69, 9.17) is 0 Å². The predicted molar refractivity (Wildman–Crippen MR) is 86.4 cm³/mol. The monoisotopic (exact) mass is 286 g/mol. The summed E-state index contributed by atoms with van der Waals surface area (Å²) in [5.41, 5.74) is 1.27. The van der Waals surface area contributed by atoms with Crippen LogP contribution >= 0.6 is 0 Å². The van der Waals surface area contributed by atoms with Crippen LogP contribution in [-0.2, 0) is 4.79 Å². The Labute approximate surface area is 127 Å². The van der Waals surface area contributed by atoms with E-state index in [1.54, 1.807) is 0 Å². The van der Waals surface area contributed by atoms with E-state index in [2.05, 4.69) is 34.1 Å². The van der Waals surface area contributed by atoms with Crippen LogP contribution in [0.4, 0.5) is 5.69 Å². The molecule has 1 aliphatic heterocycles. The molecule has 114 valence electrons. The van der Waals surface area contributed by atoms with Gasteiger partial charge in [-0.3, -0.25) is 4.79 Å². The van der Waals surface area contributed by atoms with E-state index in [9.17, 15) is 4.79 Å². The predicted octanol–water partition coefficient (Wildman–Crippen LogP) is 3.31. The zero-order valence-electron chi connectivity index (χ0n) is 12.8. The van der Waals surface area contributed by atoms with Crippen molar-refractivity contribution in [2.24, 2.45) is 5.92 Å². The van der Waals surface area contributed by atoms with Crippen molar-refractivity contribution in [1.82, 2.24) is 4.90 Å². The third kappa shape index (κ3) is 3.78. The summed E-state index contributed by atoms with van der Waals surface area (Å²) >= 11 is 0. The molecule has 1 saturated carbocycles. The molecule has 21 heavy (non-hydrogen) atoms. The summed E-state index contributed by atoms with van der Waals surface area (Å²) < 4.78 is 0. The molecule has 3 heteroatoms. The summed E-state index contributed by atoms with van der Waals surface area (Å²) in [4.78, 5) is 16.9. The molecule has 0 spiro atoms. The van der Waals surface area contributed by atoms with Crippen molar-refractivity contribution in [3.05, 3.63) is 30.3 Å². The van der Waals surface area contributed by atoms with Gasteiger partial charge in [0.25, 0.3) is 0 Å². The Kier molecular flexibility index (Phi) is 4.79. The van der Waals surface area contributed by atoms with E-state index >= 15 is 0 Å². The molecule has 3 rings (SSSR count).